The van der Waals surface area contributed by atoms with Gasteiger partial charge in [0.2, 0.25) is 0 Å². The monoisotopic (exact) mass is 241 g/mol. The van der Waals surface area contributed by atoms with Gasteiger partial charge in [0.05, 0.1) is 5.56 Å². The van der Waals surface area contributed by atoms with E-state index in [1.165, 1.54) is 0 Å². The molecule has 0 fully saturated rings. The molecule has 2 N–H and O–H groups in total. The average molecular weight is 241 g/mol. The fourth-order valence-electron chi connectivity index (χ4n) is 2.01. The second-order valence-electron chi connectivity index (χ2n) is 4.02. The van der Waals surface area contributed by atoms with Crippen LogP contribution in [0.15, 0.2) is 48.8 Å². The number of fused-ring (bicyclic) bond motifs is 1. The van der Waals surface area contributed by atoms with Gasteiger partial charge in [-0.1, -0.05) is 12.1 Å². The van der Waals surface area contributed by atoms with Gasteiger partial charge in [0.15, 0.2) is 6.17 Å². The summed E-state index contributed by atoms with van der Waals surface area (Å²) in [6.07, 6.45) is 2.65. The van der Waals surface area contributed by atoms with Crippen LogP contribution in [0.1, 0.15) is 22.1 Å². The predicted molar refractivity (Wildman–Crippen MR) is 65.0 cm³/mol. The summed E-state index contributed by atoms with van der Waals surface area (Å²) < 4.78 is 0. The first-order chi connectivity index (χ1) is 8.77. The molecule has 3 rings (SSSR count). The van der Waals surface area contributed by atoms with Crippen LogP contribution < -0.4 is 5.32 Å². The zero-order valence-corrected chi connectivity index (χ0v) is 9.45. The van der Waals surface area contributed by atoms with E-state index in [2.05, 4.69) is 10.3 Å². The topological polar surface area (TPSA) is 65.5 Å². The molecule has 0 radical (unpaired) electrons. The highest BCUT2D eigenvalue weighted by atomic mass is 16.5. The quantitative estimate of drug-likeness (QED) is 0.750. The van der Waals surface area contributed by atoms with Crippen molar-refractivity contribution in [3.05, 3.63) is 59.9 Å². The normalized spacial score (nSPS) is 18.2. The lowest BCUT2D eigenvalue weighted by atomic mass is 10.1. The van der Waals surface area contributed by atoms with Gasteiger partial charge in [-0.3, -0.25) is 15.0 Å². The van der Waals surface area contributed by atoms with Crippen molar-refractivity contribution in [2.75, 3.05) is 5.32 Å². The Morgan fingerprint density at radius 3 is 2.67 bits per heavy atom. The molecule has 2 aromatic rings. The number of hydrogen-bond acceptors (Lipinski definition) is 4. The molecule has 1 amide bonds. The van der Waals surface area contributed by atoms with Gasteiger partial charge in [0, 0.05) is 18.1 Å². The second-order valence-corrected chi connectivity index (χ2v) is 4.02. The van der Waals surface area contributed by atoms with Crippen molar-refractivity contribution < 1.29 is 10.0 Å². The van der Waals surface area contributed by atoms with Crippen molar-refractivity contribution in [1.29, 1.82) is 0 Å². The molecule has 1 atom stereocenters. The average Bonchev–Trinajstić information content (AvgIpc) is 2.44. The molecule has 2 heterocycles. The van der Waals surface area contributed by atoms with Gasteiger partial charge in [0.25, 0.3) is 5.91 Å². The number of rotatable bonds is 1. The van der Waals surface area contributed by atoms with Crippen LogP contribution in [0.2, 0.25) is 0 Å². The fourth-order valence-corrected chi connectivity index (χ4v) is 2.01. The maximum absolute atomic E-state index is 12.0. The molecule has 0 spiro atoms. The Kier molecular flexibility index (Phi) is 2.46. The molecule has 5 nitrogen and oxygen atoms in total. The van der Waals surface area contributed by atoms with Crippen molar-refractivity contribution in [2.45, 2.75) is 6.17 Å². The summed E-state index contributed by atoms with van der Waals surface area (Å²) in [6.45, 7) is 0. The smallest absolute Gasteiger partial charge is 0.281 e. The van der Waals surface area contributed by atoms with Crippen LogP contribution >= 0.6 is 0 Å². The number of benzene rings is 1. The molecule has 0 saturated carbocycles. The van der Waals surface area contributed by atoms with Crippen LogP contribution in [-0.2, 0) is 0 Å². The van der Waals surface area contributed by atoms with Crippen molar-refractivity contribution in [3.63, 3.8) is 0 Å². The molecule has 1 aliphatic heterocycles. The highest BCUT2D eigenvalue weighted by molar-refractivity contribution is 6.00. The van der Waals surface area contributed by atoms with Crippen LogP contribution in [0.4, 0.5) is 5.69 Å². The van der Waals surface area contributed by atoms with Crippen molar-refractivity contribution >= 4 is 11.6 Å². The number of anilines is 1. The zero-order chi connectivity index (χ0) is 12.5. The van der Waals surface area contributed by atoms with Gasteiger partial charge in [-0.2, -0.15) is 5.06 Å². The van der Waals surface area contributed by atoms with Gasteiger partial charge in [0.1, 0.15) is 0 Å². The number of hydroxylamine groups is 2. The molecule has 1 aromatic carbocycles. The van der Waals surface area contributed by atoms with E-state index in [1.807, 2.05) is 12.1 Å². The summed E-state index contributed by atoms with van der Waals surface area (Å²) in [7, 11) is 0. The second kappa shape index (κ2) is 4.12. The fraction of sp³-hybridized carbons (Fsp3) is 0.0769. The van der Waals surface area contributed by atoms with E-state index >= 15 is 0 Å². The third kappa shape index (κ3) is 1.61. The Balaban J connectivity index is 2.04. The van der Waals surface area contributed by atoms with E-state index in [0.29, 0.717) is 10.6 Å². The molecule has 5 heteroatoms. The van der Waals surface area contributed by atoms with E-state index < -0.39 is 12.1 Å². The Bertz CT molecular complexity index is 586. The van der Waals surface area contributed by atoms with Crippen molar-refractivity contribution in [3.8, 4) is 0 Å². The van der Waals surface area contributed by atoms with Gasteiger partial charge in [-0.05, 0) is 29.8 Å². The number of nitrogens with zero attached hydrogens (tertiary/aromatic N) is 2. The highest BCUT2D eigenvalue weighted by Gasteiger charge is 2.31. The standard InChI is InChI=1S/C13H11N3O2/c17-13-10-3-1-2-4-11(10)15-12(16(13)18)9-5-7-14-8-6-9/h1-8,12,15,18H/t12-/m1/s1. The van der Waals surface area contributed by atoms with Gasteiger partial charge >= 0.3 is 0 Å². The third-order valence-corrected chi connectivity index (χ3v) is 2.92. The molecule has 0 saturated heterocycles. The molecule has 0 bridgehead atoms. The number of hydrogen-bond donors (Lipinski definition) is 2. The lowest BCUT2D eigenvalue weighted by molar-refractivity contribution is -0.0851. The third-order valence-electron chi connectivity index (χ3n) is 2.92. The van der Waals surface area contributed by atoms with Crippen LogP contribution in [0.3, 0.4) is 0 Å². The zero-order valence-electron chi connectivity index (χ0n) is 9.45. The summed E-state index contributed by atoms with van der Waals surface area (Å²) in [6, 6.07) is 10.6. The molecule has 0 unspecified atom stereocenters. The van der Waals surface area contributed by atoms with Gasteiger partial charge < -0.3 is 5.32 Å². The lowest BCUT2D eigenvalue weighted by Gasteiger charge is -2.33. The highest BCUT2D eigenvalue weighted by Crippen LogP contribution is 2.31. The minimum absolute atomic E-state index is 0.411. The summed E-state index contributed by atoms with van der Waals surface area (Å²) in [5.41, 5.74) is 1.95. The number of amides is 1. The van der Waals surface area contributed by atoms with E-state index in [1.54, 1.807) is 36.7 Å². The number of pyridine rings is 1. The van der Waals surface area contributed by atoms with Crippen LogP contribution in [0.25, 0.3) is 0 Å². The van der Waals surface area contributed by atoms with Gasteiger partial charge in [-0.25, -0.2) is 0 Å². The first-order valence-corrected chi connectivity index (χ1v) is 5.55. The summed E-state index contributed by atoms with van der Waals surface area (Å²) in [4.78, 5) is 15.9. The largest absolute Gasteiger partial charge is 0.359 e. The number of nitrogens with one attached hydrogen (secondary N) is 1. The number of para-hydroxylation sites is 1. The molecular weight excluding hydrogens is 230 g/mol. The van der Waals surface area contributed by atoms with E-state index in [9.17, 15) is 10.0 Å². The van der Waals surface area contributed by atoms with Crippen LogP contribution in [-0.4, -0.2) is 21.2 Å². The maximum atomic E-state index is 12.0. The minimum Gasteiger partial charge on any atom is -0.359 e. The summed E-state index contributed by atoms with van der Waals surface area (Å²) in [5.74, 6) is -0.411. The molecule has 90 valence electrons. The molecule has 1 aliphatic rings. The minimum atomic E-state index is -0.588. The molecule has 1 aromatic heterocycles. The van der Waals surface area contributed by atoms with E-state index in [0.717, 1.165) is 11.3 Å². The molecule has 0 aliphatic carbocycles. The number of carbonyl (C=O) groups is 1. The van der Waals surface area contributed by atoms with Crippen molar-refractivity contribution in [2.24, 2.45) is 0 Å². The SMILES string of the molecule is O=C1c2ccccc2N[C@@H](c2ccncc2)N1O. The number of aromatic nitrogens is 1. The summed E-state index contributed by atoms with van der Waals surface area (Å²) in [5, 5.41) is 13.8. The Labute approximate surface area is 104 Å². The first kappa shape index (κ1) is 10.7. The number of carbonyl (C=O) groups excluding carboxylic acids is 1. The Hall–Kier alpha value is -2.40. The van der Waals surface area contributed by atoms with Gasteiger partial charge in [-0.15, -0.1) is 0 Å². The lowest BCUT2D eigenvalue weighted by Crippen LogP contribution is -2.40. The van der Waals surface area contributed by atoms with E-state index in [-0.39, 0.29) is 0 Å². The molecular formula is C13H11N3O2. The van der Waals surface area contributed by atoms with Crippen molar-refractivity contribution in [1.82, 2.24) is 10.0 Å². The Morgan fingerprint density at radius 2 is 1.89 bits per heavy atom. The maximum Gasteiger partial charge on any atom is 0.281 e. The van der Waals surface area contributed by atoms with Crippen LogP contribution in [0.5, 0.6) is 0 Å². The summed E-state index contributed by atoms with van der Waals surface area (Å²) >= 11 is 0. The van der Waals surface area contributed by atoms with E-state index in [4.69, 9.17) is 0 Å². The Morgan fingerprint density at radius 1 is 1.17 bits per heavy atom. The predicted octanol–water partition coefficient (Wildman–Crippen LogP) is 2.04. The first-order valence-electron chi connectivity index (χ1n) is 5.55. The molecule has 18 heavy (non-hydrogen) atoms. The van der Waals surface area contributed by atoms with Crippen LogP contribution in [0, 0.1) is 0 Å².